The highest BCUT2D eigenvalue weighted by Gasteiger charge is 2.05. The third-order valence-corrected chi connectivity index (χ3v) is 3.25. The SMILES string of the molecule is Cc1cc(Cl)c(-c2ccc(C=O)cc2)cc1C. The Balaban J connectivity index is 2.52. The molecule has 0 unspecified atom stereocenters. The van der Waals surface area contributed by atoms with E-state index in [2.05, 4.69) is 13.0 Å². The third-order valence-electron chi connectivity index (χ3n) is 2.94. The predicted octanol–water partition coefficient (Wildman–Crippen LogP) is 4.44. The summed E-state index contributed by atoms with van der Waals surface area (Å²) in [7, 11) is 0. The summed E-state index contributed by atoms with van der Waals surface area (Å²) in [4.78, 5) is 10.6. The molecule has 0 aliphatic heterocycles. The van der Waals surface area contributed by atoms with Crippen molar-refractivity contribution in [1.29, 1.82) is 0 Å². The van der Waals surface area contributed by atoms with Crippen LogP contribution in [0.3, 0.4) is 0 Å². The van der Waals surface area contributed by atoms with Gasteiger partial charge in [0.05, 0.1) is 0 Å². The maximum Gasteiger partial charge on any atom is 0.150 e. The summed E-state index contributed by atoms with van der Waals surface area (Å²) in [5, 5.41) is 0.743. The summed E-state index contributed by atoms with van der Waals surface area (Å²) in [6.07, 6.45) is 0.839. The molecule has 0 atom stereocenters. The van der Waals surface area contributed by atoms with E-state index < -0.39 is 0 Å². The molecule has 0 radical (unpaired) electrons. The highest BCUT2D eigenvalue weighted by atomic mass is 35.5. The van der Waals surface area contributed by atoms with Gasteiger partial charge in [0.2, 0.25) is 0 Å². The molecule has 0 fully saturated rings. The fourth-order valence-electron chi connectivity index (χ4n) is 1.74. The Morgan fingerprint density at radius 3 is 2.18 bits per heavy atom. The van der Waals surface area contributed by atoms with Crippen molar-refractivity contribution in [1.82, 2.24) is 0 Å². The van der Waals surface area contributed by atoms with Crippen LogP contribution in [0.5, 0.6) is 0 Å². The molecule has 86 valence electrons. The van der Waals surface area contributed by atoms with E-state index in [-0.39, 0.29) is 0 Å². The smallest absolute Gasteiger partial charge is 0.150 e. The molecule has 0 aliphatic rings. The summed E-state index contributed by atoms with van der Waals surface area (Å²) in [6, 6.07) is 11.5. The minimum atomic E-state index is 0.675. The number of aryl methyl sites for hydroxylation is 2. The molecule has 0 bridgehead atoms. The topological polar surface area (TPSA) is 17.1 Å². The zero-order valence-corrected chi connectivity index (χ0v) is 10.6. The summed E-state index contributed by atoms with van der Waals surface area (Å²) in [5.41, 5.74) is 5.11. The van der Waals surface area contributed by atoms with E-state index in [1.165, 1.54) is 11.1 Å². The van der Waals surface area contributed by atoms with Gasteiger partial charge in [0.25, 0.3) is 0 Å². The maximum atomic E-state index is 10.6. The monoisotopic (exact) mass is 244 g/mol. The molecule has 0 amide bonds. The number of halogens is 1. The third kappa shape index (κ3) is 2.40. The van der Waals surface area contributed by atoms with Crippen molar-refractivity contribution >= 4 is 17.9 Å². The molecule has 2 rings (SSSR count). The Kier molecular flexibility index (Phi) is 3.30. The average Bonchev–Trinajstić information content (AvgIpc) is 2.34. The Bertz CT molecular complexity index is 556. The quantitative estimate of drug-likeness (QED) is 0.714. The van der Waals surface area contributed by atoms with Gasteiger partial charge < -0.3 is 0 Å². The standard InChI is InChI=1S/C15H13ClO/c1-10-7-14(15(16)8-11(10)2)13-5-3-12(9-17)4-6-13/h3-9H,1-2H3. The van der Waals surface area contributed by atoms with Crippen LogP contribution < -0.4 is 0 Å². The molecule has 0 heterocycles. The average molecular weight is 245 g/mol. The lowest BCUT2D eigenvalue weighted by molar-refractivity contribution is 0.112. The van der Waals surface area contributed by atoms with Gasteiger partial charge in [0.15, 0.2) is 0 Å². The summed E-state index contributed by atoms with van der Waals surface area (Å²) in [6.45, 7) is 4.11. The van der Waals surface area contributed by atoms with E-state index in [4.69, 9.17) is 11.6 Å². The molecule has 0 N–H and O–H groups in total. The van der Waals surface area contributed by atoms with Gasteiger partial charge in [0, 0.05) is 16.1 Å². The first-order chi connectivity index (χ1) is 8.11. The summed E-state index contributed by atoms with van der Waals surface area (Å²) in [5.74, 6) is 0. The minimum Gasteiger partial charge on any atom is -0.298 e. The van der Waals surface area contributed by atoms with Crippen molar-refractivity contribution in [3.8, 4) is 11.1 Å². The van der Waals surface area contributed by atoms with Crippen LogP contribution in [-0.4, -0.2) is 6.29 Å². The number of benzene rings is 2. The fraction of sp³-hybridized carbons (Fsp3) is 0.133. The molecule has 2 aromatic rings. The van der Waals surface area contributed by atoms with Crippen LogP contribution in [0.15, 0.2) is 36.4 Å². The molecule has 0 spiro atoms. The van der Waals surface area contributed by atoms with E-state index in [1.807, 2.05) is 25.1 Å². The lowest BCUT2D eigenvalue weighted by Gasteiger charge is -2.08. The van der Waals surface area contributed by atoms with Crippen molar-refractivity contribution in [2.24, 2.45) is 0 Å². The molecule has 0 saturated heterocycles. The molecular formula is C15H13ClO. The van der Waals surface area contributed by atoms with Crippen molar-refractivity contribution in [2.75, 3.05) is 0 Å². The second-order valence-corrected chi connectivity index (χ2v) is 4.56. The number of hydrogen-bond acceptors (Lipinski definition) is 1. The van der Waals surface area contributed by atoms with Crippen LogP contribution in [0, 0.1) is 13.8 Å². The highest BCUT2D eigenvalue weighted by molar-refractivity contribution is 6.33. The number of carbonyl (C=O) groups excluding carboxylic acids is 1. The van der Waals surface area contributed by atoms with E-state index in [9.17, 15) is 4.79 Å². The van der Waals surface area contributed by atoms with Gasteiger partial charge in [-0.1, -0.05) is 35.9 Å². The van der Waals surface area contributed by atoms with Crippen molar-refractivity contribution in [2.45, 2.75) is 13.8 Å². The molecule has 2 aromatic carbocycles. The minimum absolute atomic E-state index is 0.675. The summed E-state index contributed by atoms with van der Waals surface area (Å²) < 4.78 is 0. The summed E-state index contributed by atoms with van der Waals surface area (Å²) >= 11 is 6.24. The van der Waals surface area contributed by atoms with E-state index in [0.29, 0.717) is 5.56 Å². The van der Waals surface area contributed by atoms with Crippen molar-refractivity contribution < 1.29 is 4.79 Å². The van der Waals surface area contributed by atoms with Gasteiger partial charge in [-0.2, -0.15) is 0 Å². The van der Waals surface area contributed by atoms with Crippen LogP contribution in [0.1, 0.15) is 21.5 Å². The van der Waals surface area contributed by atoms with Gasteiger partial charge in [-0.25, -0.2) is 0 Å². The first-order valence-corrected chi connectivity index (χ1v) is 5.82. The van der Waals surface area contributed by atoms with Crippen LogP contribution in [0.25, 0.3) is 11.1 Å². The van der Waals surface area contributed by atoms with E-state index in [0.717, 1.165) is 22.4 Å². The van der Waals surface area contributed by atoms with Crippen LogP contribution >= 0.6 is 11.6 Å². The molecular weight excluding hydrogens is 232 g/mol. The lowest BCUT2D eigenvalue weighted by atomic mass is 9.99. The molecule has 17 heavy (non-hydrogen) atoms. The van der Waals surface area contributed by atoms with Gasteiger partial charge in [-0.15, -0.1) is 0 Å². The molecule has 1 nitrogen and oxygen atoms in total. The van der Waals surface area contributed by atoms with E-state index in [1.54, 1.807) is 12.1 Å². The zero-order valence-electron chi connectivity index (χ0n) is 9.83. The van der Waals surface area contributed by atoms with Crippen LogP contribution in [0.4, 0.5) is 0 Å². The predicted molar refractivity (Wildman–Crippen MR) is 71.7 cm³/mol. The maximum absolute atomic E-state index is 10.6. The molecule has 0 saturated carbocycles. The molecule has 0 aliphatic carbocycles. The largest absolute Gasteiger partial charge is 0.298 e. The van der Waals surface area contributed by atoms with Gasteiger partial charge in [-0.3, -0.25) is 4.79 Å². The first kappa shape index (κ1) is 11.9. The van der Waals surface area contributed by atoms with Crippen molar-refractivity contribution in [3.63, 3.8) is 0 Å². The fourth-order valence-corrected chi connectivity index (χ4v) is 2.07. The Morgan fingerprint density at radius 2 is 1.59 bits per heavy atom. The normalized spacial score (nSPS) is 10.3. The van der Waals surface area contributed by atoms with E-state index >= 15 is 0 Å². The second-order valence-electron chi connectivity index (χ2n) is 4.16. The number of rotatable bonds is 2. The first-order valence-electron chi connectivity index (χ1n) is 5.44. The van der Waals surface area contributed by atoms with Gasteiger partial charge in [0.1, 0.15) is 6.29 Å². The zero-order chi connectivity index (χ0) is 12.4. The number of carbonyl (C=O) groups is 1. The number of aldehydes is 1. The molecule has 2 heteroatoms. The number of hydrogen-bond donors (Lipinski definition) is 0. The molecule has 0 aromatic heterocycles. The Labute approximate surface area is 106 Å². The van der Waals surface area contributed by atoms with Gasteiger partial charge >= 0.3 is 0 Å². The Morgan fingerprint density at radius 1 is 1.00 bits per heavy atom. The van der Waals surface area contributed by atoms with Crippen LogP contribution in [0.2, 0.25) is 5.02 Å². The Hall–Kier alpha value is -1.60. The lowest BCUT2D eigenvalue weighted by Crippen LogP contribution is -1.87. The highest BCUT2D eigenvalue weighted by Crippen LogP contribution is 2.30. The van der Waals surface area contributed by atoms with Crippen LogP contribution in [-0.2, 0) is 0 Å². The van der Waals surface area contributed by atoms with Gasteiger partial charge in [-0.05, 0) is 42.7 Å². The van der Waals surface area contributed by atoms with Crippen molar-refractivity contribution in [3.05, 3.63) is 58.1 Å². The second kappa shape index (κ2) is 4.72.